The fraction of sp³-hybridized carbons (Fsp3) is 0.350. The third kappa shape index (κ3) is 3.39. The third-order valence-electron chi connectivity index (χ3n) is 4.53. The molecule has 1 unspecified atom stereocenters. The molecule has 0 saturated heterocycles. The number of hydrogen-bond acceptors (Lipinski definition) is 2. The van der Waals surface area contributed by atoms with Crippen molar-refractivity contribution in [2.75, 3.05) is 11.4 Å². The largest absolute Gasteiger partial charge is 0.444 e. The van der Waals surface area contributed by atoms with Gasteiger partial charge in [-0.15, -0.1) is 0 Å². The number of nitrogens with zero attached hydrogens (tertiary/aromatic N) is 1. The van der Waals surface area contributed by atoms with E-state index in [-0.39, 0.29) is 6.09 Å². The Labute approximate surface area is 137 Å². The smallest absolute Gasteiger partial charge is 0.414 e. The molecule has 2 aromatic rings. The molecule has 1 amide bonds. The molecule has 0 N–H and O–H groups in total. The minimum atomic E-state index is -0.258. The lowest BCUT2D eigenvalue weighted by molar-refractivity contribution is 0.146. The molecule has 1 heterocycles. The molecule has 2 aromatic carbocycles. The first kappa shape index (κ1) is 15.6. The minimum Gasteiger partial charge on any atom is -0.444 e. The van der Waals surface area contributed by atoms with Crippen molar-refractivity contribution in [3.05, 3.63) is 65.2 Å². The standard InChI is InChI=1S/C20H23NO2/c1-3-16-9-10-19-18(13-16)15(2)11-12-21(19)20(22)23-14-17-7-5-4-6-8-17/h4-10,13,15H,3,11-12,14H2,1-2H3. The van der Waals surface area contributed by atoms with E-state index in [2.05, 4.69) is 32.0 Å². The number of carbonyl (C=O) groups excluding carboxylic acids is 1. The van der Waals surface area contributed by atoms with Gasteiger partial charge in [-0.2, -0.15) is 0 Å². The van der Waals surface area contributed by atoms with Gasteiger partial charge >= 0.3 is 6.09 Å². The van der Waals surface area contributed by atoms with Crippen molar-refractivity contribution in [2.45, 2.75) is 39.2 Å². The summed E-state index contributed by atoms with van der Waals surface area (Å²) in [6.07, 6.45) is 1.73. The molecule has 0 radical (unpaired) electrons. The zero-order valence-electron chi connectivity index (χ0n) is 13.8. The molecule has 1 aliphatic rings. The van der Waals surface area contributed by atoms with Crippen LogP contribution in [-0.2, 0) is 17.8 Å². The number of rotatable bonds is 3. The number of benzene rings is 2. The van der Waals surface area contributed by atoms with Crippen LogP contribution >= 0.6 is 0 Å². The van der Waals surface area contributed by atoms with Gasteiger partial charge in [0.15, 0.2) is 0 Å². The van der Waals surface area contributed by atoms with Crippen LogP contribution in [0.3, 0.4) is 0 Å². The molecule has 1 aliphatic heterocycles. The molecule has 3 rings (SSSR count). The molecule has 0 spiro atoms. The SMILES string of the molecule is CCc1ccc2c(c1)C(C)CCN2C(=O)OCc1ccccc1. The first-order valence-electron chi connectivity index (χ1n) is 8.30. The van der Waals surface area contributed by atoms with Crippen molar-refractivity contribution in [3.8, 4) is 0 Å². The molecular weight excluding hydrogens is 286 g/mol. The lowest BCUT2D eigenvalue weighted by atomic mass is 9.90. The van der Waals surface area contributed by atoms with Gasteiger partial charge in [0.2, 0.25) is 0 Å². The average molecular weight is 309 g/mol. The average Bonchev–Trinajstić information content (AvgIpc) is 2.60. The van der Waals surface area contributed by atoms with E-state index in [4.69, 9.17) is 4.74 Å². The Hall–Kier alpha value is -2.29. The Morgan fingerprint density at radius 3 is 2.70 bits per heavy atom. The molecule has 0 bridgehead atoms. The molecule has 23 heavy (non-hydrogen) atoms. The van der Waals surface area contributed by atoms with Gasteiger partial charge in [-0.3, -0.25) is 4.90 Å². The van der Waals surface area contributed by atoms with Crippen molar-refractivity contribution in [1.82, 2.24) is 0 Å². The Balaban J connectivity index is 1.76. The summed E-state index contributed by atoms with van der Waals surface area (Å²) in [5.41, 5.74) is 4.58. The highest BCUT2D eigenvalue weighted by Crippen LogP contribution is 2.36. The van der Waals surface area contributed by atoms with Gasteiger partial charge in [-0.05, 0) is 41.5 Å². The van der Waals surface area contributed by atoms with E-state index in [1.54, 1.807) is 4.90 Å². The summed E-state index contributed by atoms with van der Waals surface area (Å²) in [5.74, 6) is 0.481. The summed E-state index contributed by atoms with van der Waals surface area (Å²) in [5, 5.41) is 0. The van der Waals surface area contributed by atoms with Gasteiger partial charge in [-0.25, -0.2) is 4.79 Å². The fourth-order valence-electron chi connectivity index (χ4n) is 3.05. The van der Waals surface area contributed by atoms with Crippen molar-refractivity contribution in [3.63, 3.8) is 0 Å². The van der Waals surface area contributed by atoms with Crippen molar-refractivity contribution in [1.29, 1.82) is 0 Å². The quantitative estimate of drug-likeness (QED) is 0.807. The number of aryl methyl sites for hydroxylation is 1. The maximum absolute atomic E-state index is 12.5. The molecule has 0 aliphatic carbocycles. The van der Waals surface area contributed by atoms with Crippen LogP contribution in [0, 0.1) is 0 Å². The van der Waals surface area contributed by atoms with Gasteiger partial charge in [0.25, 0.3) is 0 Å². The molecule has 0 aromatic heterocycles. The van der Waals surface area contributed by atoms with Crippen LogP contribution in [0.15, 0.2) is 48.5 Å². The number of fused-ring (bicyclic) bond motifs is 1. The highest BCUT2D eigenvalue weighted by molar-refractivity contribution is 5.89. The highest BCUT2D eigenvalue weighted by Gasteiger charge is 2.27. The summed E-state index contributed by atoms with van der Waals surface area (Å²) in [6.45, 7) is 5.41. The normalized spacial score (nSPS) is 16.8. The van der Waals surface area contributed by atoms with Gasteiger partial charge in [0, 0.05) is 6.54 Å². The minimum absolute atomic E-state index is 0.258. The van der Waals surface area contributed by atoms with E-state index in [0.717, 1.165) is 24.1 Å². The second-order valence-corrected chi connectivity index (χ2v) is 6.13. The molecule has 120 valence electrons. The first-order valence-corrected chi connectivity index (χ1v) is 8.30. The van der Waals surface area contributed by atoms with Gasteiger partial charge < -0.3 is 4.74 Å². The molecule has 0 fully saturated rings. The number of ether oxygens (including phenoxy) is 1. The number of anilines is 1. The second kappa shape index (κ2) is 6.86. The lowest BCUT2D eigenvalue weighted by Gasteiger charge is -2.32. The Morgan fingerprint density at radius 1 is 1.17 bits per heavy atom. The van der Waals surface area contributed by atoms with Crippen LogP contribution in [0.5, 0.6) is 0 Å². The fourth-order valence-corrected chi connectivity index (χ4v) is 3.05. The predicted octanol–water partition coefficient (Wildman–Crippen LogP) is 4.90. The zero-order chi connectivity index (χ0) is 16.2. The van der Waals surface area contributed by atoms with Crippen LogP contribution in [0.2, 0.25) is 0 Å². The highest BCUT2D eigenvalue weighted by atomic mass is 16.6. The number of carbonyl (C=O) groups is 1. The molecule has 3 nitrogen and oxygen atoms in total. The van der Waals surface area contributed by atoms with Crippen molar-refractivity contribution >= 4 is 11.8 Å². The summed E-state index contributed by atoms with van der Waals surface area (Å²) < 4.78 is 5.50. The van der Waals surface area contributed by atoms with Gasteiger partial charge in [0.05, 0.1) is 5.69 Å². The molecule has 1 atom stereocenters. The van der Waals surface area contributed by atoms with E-state index >= 15 is 0 Å². The predicted molar refractivity (Wildman–Crippen MR) is 92.8 cm³/mol. The van der Waals surface area contributed by atoms with Crippen LogP contribution < -0.4 is 4.90 Å². The van der Waals surface area contributed by atoms with E-state index in [1.807, 2.05) is 30.3 Å². The maximum Gasteiger partial charge on any atom is 0.414 e. The van der Waals surface area contributed by atoms with Crippen LogP contribution in [-0.4, -0.2) is 12.6 Å². The van der Waals surface area contributed by atoms with Crippen molar-refractivity contribution < 1.29 is 9.53 Å². The third-order valence-corrected chi connectivity index (χ3v) is 4.53. The molecular formula is C20H23NO2. The Morgan fingerprint density at radius 2 is 1.96 bits per heavy atom. The topological polar surface area (TPSA) is 29.5 Å². The molecule has 0 saturated carbocycles. The first-order chi connectivity index (χ1) is 11.2. The Bertz CT molecular complexity index is 681. The zero-order valence-corrected chi connectivity index (χ0v) is 13.8. The molecule has 3 heteroatoms. The monoisotopic (exact) mass is 309 g/mol. The van der Waals surface area contributed by atoms with Gasteiger partial charge in [0.1, 0.15) is 6.61 Å². The van der Waals surface area contributed by atoms with E-state index in [9.17, 15) is 4.79 Å². The van der Waals surface area contributed by atoms with Crippen molar-refractivity contribution in [2.24, 2.45) is 0 Å². The Kier molecular flexibility index (Phi) is 4.65. The summed E-state index contributed by atoms with van der Waals surface area (Å²) in [7, 11) is 0. The van der Waals surface area contributed by atoms with Crippen LogP contribution in [0.25, 0.3) is 0 Å². The summed E-state index contributed by atoms with van der Waals surface area (Å²) >= 11 is 0. The summed E-state index contributed by atoms with van der Waals surface area (Å²) in [4.78, 5) is 14.3. The number of hydrogen-bond donors (Lipinski definition) is 0. The van der Waals surface area contributed by atoms with Crippen LogP contribution in [0.4, 0.5) is 10.5 Å². The van der Waals surface area contributed by atoms with E-state index in [0.29, 0.717) is 19.1 Å². The van der Waals surface area contributed by atoms with Crippen LogP contribution in [0.1, 0.15) is 42.9 Å². The van der Waals surface area contributed by atoms with E-state index < -0.39 is 0 Å². The van der Waals surface area contributed by atoms with Gasteiger partial charge in [-0.1, -0.05) is 56.3 Å². The summed E-state index contributed by atoms with van der Waals surface area (Å²) in [6, 6.07) is 16.2. The van der Waals surface area contributed by atoms with E-state index in [1.165, 1.54) is 11.1 Å². The maximum atomic E-state index is 12.5. The number of amides is 1. The lowest BCUT2D eigenvalue weighted by Crippen LogP contribution is -2.36. The second-order valence-electron chi connectivity index (χ2n) is 6.13.